The fraction of sp³-hybridized carbons (Fsp3) is 0.500. The van der Waals surface area contributed by atoms with Gasteiger partial charge in [-0.2, -0.15) is 13.2 Å². The van der Waals surface area contributed by atoms with Gasteiger partial charge in [-0.3, -0.25) is 9.78 Å². The van der Waals surface area contributed by atoms with Crippen molar-refractivity contribution in [2.24, 2.45) is 0 Å². The van der Waals surface area contributed by atoms with Gasteiger partial charge in [-0.1, -0.05) is 25.1 Å². The summed E-state index contributed by atoms with van der Waals surface area (Å²) in [4.78, 5) is 21.4. The summed E-state index contributed by atoms with van der Waals surface area (Å²) in [5.41, 5.74) is 1.18. The molecule has 1 aliphatic rings. The molecular formula is C24H30F3N3O. The maximum atomic E-state index is 12.8. The van der Waals surface area contributed by atoms with Crippen LogP contribution in [0.2, 0.25) is 0 Å². The molecule has 1 atom stereocenters. The lowest BCUT2D eigenvalue weighted by Crippen LogP contribution is -2.46. The number of carbonyl (C=O) groups is 1. The summed E-state index contributed by atoms with van der Waals surface area (Å²) in [6.45, 7) is 4.74. The van der Waals surface area contributed by atoms with E-state index >= 15 is 0 Å². The van der Waals surface area contributed by atoms with Crippen molar-refractivity contribution in [1.82, 2.24) is 14.8 Å². The molecule has 3 rings (SSSR count). The Balaban J connectivity index is 1.44. The van der Waals surface area contributed by atoms with E-state index in [9.17, 15) is 18.0 Å². The van der Waals surface area contributed by atoms with E-state index in [1.165, 1.54) is 12.1 Å². The van der Waals surface area contributed by atoms with Crippen molar-refractivity contribution < 1.29 is 18.0 Å². The first-order valence-corrected chi connectivity index (χ1v) is 10.8. The number of carbonyl (C=O) groups excluding carboxylic acids is 1. The summed E-state index contributed by atoms with van der Waals surface area (Å²) < 4.78 is 38.2. The second-order valence-corrected chi connectivity index (χ2v) is 8.37. The molecule has 0 aliphatic carbocycles. The van der Waals surface area contributed by atoms with Crippen molar-refractivity contribution >= 4 is 5.91 Å². The van der Waals surface area contributed by atoms with Crippen LogP contribution in [0.5, 0.6) is 0 Å². The second-order valence-electron chi connectivity index (χ2n) is 8.37. The molecule has 4 nitrogen and oxygen atoms in total. The number of rotatable bonds is 7. The van der Waals surface area contributed by atoms with Gasteiger partial charge < -0.3 is 9.80 Å². The lowest BCUT2D eigenvalue weighted by Gasteiger charge is -2.37. The minimum Gasteiger partial charge on any atom is -0.343 e. The normalized spacial score (nSPS) is 16.8. The molecule has 1 amide bonds. The zero-order valence-corrected chi connectivity index (χ0v) is 18.1. The standard InChI is InChI=1S/C24H30F3N3O/c1-18(19-6-8-20(9-7-19)24(25,26)27)17-23(31)29(2)22-11-15-30(16-12-22)14-10-21-5-3-4-13-28-21/h3-9,13,18,22H,10-12,14-17H2,1-2H3. The SMILES string of the molecule is CC(CC(=O)N(C)C1CCN(CCc2ccccn2)CC1)c1ccc(C(F)(F)F)cc1. The Hall–Kier alpha value is -2.41. The highest BCUT2D eigenvalue weighted by Crippen LogP contribution is 2.31. The van der Waals surface area contributed by atoms with E-state index in [1.807, 2.05) is 43.3 Å². The highest BCUT2D eigenvalue weighted by molar-refractivity contribution is 5.77. The number of amides is 1. The molecule has 1 aromatic heterocycles. The molecule has 1 aromatic carbocycles. The van der Waals surface area contributed by atoms with E-state index in [-0.39, 0.29) is 17.9 Å². The van der Waals surface area contributed by atoms with Crippen molar-refractivity contribution in [3.05, 3.63) is 65.5 Å². The molecule has 0 N–H and O–H groups in total. The number of halogens is 3. The molecule has 1 fully saturated rings. The van der Waals surface area contributed by atoms with E-state index < -0.39 is 11.7 Å². The number of likely N-dealkylation sites (tertiary alicyclic amines) is 1. The van der Waals surface area contributed by atoms with Crippen molar-refractivity contribution in [2.75, 3.05) is 26.7 Å². The molecule has 7 heteroatoms. The summed E-state index contributed by atoms with van der Waals surface area (Å²) in [5, 5.41) is 0. The third-order valence-corrected chi connectivity index (χ3v) is 6.20. The fourth-order valence-corrected chi connectivity index (χ4v) is 4.08. The molecule has 0 saturated carbocycles. The fourth-order valence-electron chi connectivity index (χ4n) is 4.08. The highest BCUT2D eigenvalue weighted by Gasteiger charge is 2.30. The lowest BCUT2D eigenvalue weighted by atomic mass is 9.95. The van der Waals surface area contributed by atoms with Gasteiger partial charge in [-0.15, -0.1) is 0 Å². The minimum absolute atomic E-state index is 0.0410. The first kappa shape index (κ1) is 23.3. The zero-order valence-electron chi connectivity index (χ0n) is 18.1. The Morgan fingerprint density at radius 2 is 1.84 bits per heavy atom. The van der Waals surface area contributed by atoms with Gasteiger partial charge in [0.05, 0.1) is 5.56 Å². The maximum Gasteiger partial charge on any atom is 0.416 e. The number of hydrogen-bond donors (Lipinski definition) is 0. The summed E-state index contributed by atoms with van der Waals surface area (Å²) in [5.74, 6) is -0.0879. The van der Waals surface area contributed by atoms with Gasteiger partial charge in [-0.05, 0) is 48.6 Å². The van der Waals surface area contributed by atoms with Crippen molar-refractivity contribution in [2.45, 2.75) is 50.7 Å². The van der Waals surface area contributed by atoms with Gasteiger partial charge in [0.25, 0.3) is 0 Å². The zero-order chi connectivity index (χ0) is 22.4. The summed E-state index contributed by atoms with van der Waals surface area (Å²) >= 11 is 0. The third kappa shape index (κ3) is 6.53. The molecule has 168 valence electrons. The predicted molar refractivity (Wildman–Crippen MR) is 115 cm³/mol. The minimum atomic E-state index is -4.34. The Morgan fingerprint density at radius 1 is 1.16 bits per heavy atom. The molecule has 1 aliphatic heterocycles. The van der Waals surface area contributed by atoms with Crippen LogP contribution in [0.3, 0.4) is 0 Å². The average molecular weight is 434 g/mol. The number of benzene rings is 1. The van der Waals surface area contributed by atoms with E-state index in [4.69, 9.17) is 0 Å². The van der Waals surface area contributed by atoms with E-state index in [0.29, 0.717) is 6.42 Å². The van der Waals surface area contributed by atoms with Crippen LogP contribution in [0.4, 0.5) is 13.2 Å². The van der Waals surface area contributed by atoms with Crippen LogP contribution >= 0.6 is 0 Å². The summed E-state index contributed by atoms with van der Waals surface area (Å²) in [6, 6.07) is 11.3. The van der Waals surface area contributed by atoms with Crippen molar-refractivity contribution in [3.8, 4) is 0 Å². The van der Waals surface area contributed by atoms with Gasteiger partial charge in [-0.25, -0.2) is 0 Å². The van der Waals surface area contributed by atoms with Crippen LogP contribution in [0.25, 0.3) is 0 Å². The van der Waals surface area contributed by atoms with Gasteiger partial charge in [0.2, 0.25) is 5.91 Å². The Morgan fingerprint density at radius 3 is 2.42 bits per heavy atom. The van der Waals surface area contributed by atoms with Crippen LogP contribution in [0.1, 0.15) is 48.9 Å². The smallest absolute Gasteiger partial charge is 0.343 e. The number of piperidine rings is 1. The van der Waals surface area contributed by atoms with Crippen LogP contribution < -0.4 is 0 Å². The number of pyridine rings is 1. The molecule has 2 aromatic rings. The Kier molecular flexibility index (Phi) is 7.70. The summed E-state index contributed by atoms with van der Waals surface area (Å²) in [6.07, 6.45) is 0.545. The number of alkyl halides is 3. The number of hydrogen-bond acceptors (Lipinski definition) is 3. The van der Waals surface area contributed by atoms with Gasteiger partial charge in [0.1, 0.15) is 0 Å². The first-order valence-electron chi connectivity index (χ1n) is 10.8. The van der Waals surface area contributed by atoms with Gasteiger partial charge >= 0.3 is 6.18 Å². The van der Waals surface area contributed by atoms with E-state index in [0.717, 1.165) is 62.3 Å². The van der Waals surface area contributed by atoms with E-state index in [1.54, 1.807) is 0 Å². The molecule has 2 heterocycles. The Bertz CT molecular complexity index is 831. The van der Waals surface area contributed by atoms with Gasteiger partial charge in [0.15, 0.2) is 0 Å². The number of nitrogens with zero attached hydrogens (tertiary/aromatic N) is 3. The van der Waals surface area contributed by atoms with E-state index in [2.05, 4.69) is 9.88 Å². The second kappa shape index (κ2) is 10.3. The number of aromatic nitrogens is 1. The van der Waals surface area contributed by atoms with Crippen LogP contribution in [-0.4, -0.2) is 53.4 Å². The molecular weight excluding hydrogens is 403 g/mol. The topological polar surface area (TPSA) is 36.4 Å². The molecule has 0 bridgehead atoms. The van der Waals surface area contributed by atoms with Crippen molar-refractivity contribution in [1.29, 1.82) is 0 Å². The molecule has 31 heavy (non-hydrogen) atoms. The van der Waals surface area contributed by atoms with Crippen molar-refractivity contribution in [3.63, 3.8) is 0 Å². The highest BCUT2D eigenvalue weighted by atomic mass is 19.4. The first-order chi connectivity index (χ1) is 14.7. The lowest BCUT2D eigenvalue weighted by molar-refractivity contribution is -0.137. The summed E-state index contributed by atoms with van der Waals surface area (Å²) in [7, 11) is 1.84. The van der Waals surface area contributed by atoms with Gasteiger partial charge in [0, 0.05) is 57.5 Å². The predicted octanol–water partition coefficient (Wildman–Crippen LogP) is 4.76. The quantitative estimate of drug-likeness (QED) is 0.632. The molecule has 1 unspecified atom stereocenters. The Labute approximate surface area is 182 Å². The molecule has 0 spiro atoms. The molecule has 0 radical (unpaired) electrons. The van der Waals surface area contributed by atoms with Crippen LogP contribution in [0, 0.1) is 0 Å². The third-order valence-electron chi connectivity index (χ3n) is 6.20. The largest absolute Gasteiger partial charge is 0.416 e. The average Bonchev–Trinajstić information content (AvgIpc) is 2.77. The maximum absolute atomic E-state index is 12.8. The van der Waals surface area contributed by atoms with Crippen LogP contribution in [-0.2, 0) is 17.4 Å². The monoisotopic (exact) mass is 433 g/mol. The van der Waals surface area contributed by atoms with Crippen LogP contribution in [0.15, 0.2) is 48.7 Å². The molecule has 1 saturated heterocycles.